The van der Waals surface area contributed by atoms with E-state index >= 15 is 0 Å². The van der Waals surface area contributed by atoms with Gasteiger partial charge in [0.2, 0.25) is 0 Å². The second-order valence-corrected chi connectivity index (χ2v) is 6.76. The summed E-state index contributed by atoms with van der Waals surface area (Å²) in [7, 11) is 0. The van der Waals surface area contributed by atoms with E-state index in [4.69, 9.17) is 9.47 Å². The monoisotopic (exact) mass is 355 g/mol. The number of aryl methyl sites for hydroxylation is 2. The predicted molar refractivity (Wildman–Crippen MR) is 96.9 cm³/mol. The minimum absolute atomic E-state index is 0.205. The molecule has 128 valence electrons. The van der Waals surface area contributed by atoms with Gasteiger partial charge >= 0.3 is 0 Å². The van der Waals surface area contributed by atoms with Crippen LogP contribution in [0.5, 0.6) is 11.5 Å². The lowest BCUT2D eigenvalue weighted by atomic mass is 10.1. The van der Waals surface area contributed by atoms with Crippen molar-refractivity contribution >= 4 is 32.6 Å². The summed E-state index contributed by atoms with van der Waals surface area (Å²) in [6.45, 7) is 4.96. The van der Waals surface area contributed by atoms with Crippen LogP contribution in [0.2, 0.25) is 0 Å². The summed E-state index contributed by atoms with van der Waals surface area (Å²) >= 11 is 1.41. The summed E-state index contributed by atoms with van der Waals surface area (Å²) in [6, 6.07) is 7.44. The number of anilines is 1. The number of rotatable bonds is 3. The molecule has 1 amide bonds. The number of fused-ring (bicyclic) bond motifs is 2. The molecule has 3 aromatic rings. The van der Waals surface area contributed by atoms with Crippen LogP contribution in [0, 0.1) is 6.92 Å². The molecule has 0 saturated heterocycles. The number of ether oxygens (including phenoxy) is 2. The molecule has 2 aromatic heterocycles. The highest BCUT2D eigenvalue weighted by molar-refractivity contribution is 7.22. The largest absolute Gasteiger partial charge is 0.486 e. The van der Waals surface area contributed by atoms with Gasteiger partial charge in [0.25, 0.3) is 5.91 Å². The first-order valence-corrected chi connectivity index (χ1v) is 8.93. The van der Waals surface area contributed by atoms with E-state index in [0.717, 1.165) is 33.8 Å². The van der Waals surface area contributed by atoms with Crippen LogP contribution in [0.3, 0.4) is 0 Å². The molecule has 1 aliphatic rings. The lowest BCUT2D eigenvalue weighted by molar-refractivity contribution is 0.102. The van der Waals surface area contributed by atoms with E-state index in [1.165, 1.54) is 11.3 Å². The Morgan fingerprint density at radius 3 is 2.68 bits per heavy atom. The Hall–Kier alpha value is -2.67. The number of carbonyl (C=O) groups is 1. The van der Waals surface area contributed by atoms with Crippen LogP contribution in [0.25, 0.3) is 10.2 Å². The number of nitrogens with one attached hydrogen (secondary N) is 1. The van der Waals surface area contributed by atoms with Gasteiger partial charge in [-0.05, 0) is 25.5 Å². The highest BCUT2D eigenvalue weighted by atomic mass is 32.1. The van der Waals surface area contributed by atoms with Crippen LogP contribution in [0.15, 0.2) is 24.3 Å². The van der Waals surface area contributed by atoms with Crippen molar-refractivity contribution in [3.63, 3.8) is 0 Å². The molecule has 25 heavy (non-hydrogen) atoms. The number of hydrogen-bond acceptors (Lipinski definition) is 6. The van der Waals surface area contributed by atoms with Gasteiger partial charge in [-0.1, -0.05) is 18.3 Å². The van der Waals surface area contributed by atoms with Crippen LogP contribution in [0.4, 0.5) is 5.13 Å². The summed E-state index contributed by atoms with van der Waals surface area (Å²) in [4.78, 5) is 21.5. The van der Waals surface area contributed by atoms with Gasteiger partial charge in [0.1, 0.15) is 13.2 Å². The minimum Gasteiger partial charge on any atom is -0.486 e. The first-order valence-electron chi connectivity index (χ1n) is 8.12. The number of amides is 1. The summed E-state index contributed by atoms with van der Waals surface area (Å²) in [5.74, 6) is 1.21. The highest BCUT2D eigenvalue weighted by Crippen LogP contribution is 2.37. The van der Waals surface area contributed by atoms with Gasteiger partial charge in [0.15, 0.2) is 16.6 Å². The Kier molecular flexibility index (Phi) is 4.01. The molecule has 4 rings (SSSR count). The van der Waals surface area contributed by atoms with Gasteiger partial charge in [-0.2, -0.15) is 0 Å². The SMILES string of the molecule is CCc1ccc(C(=O)Nc2nc3cc4c(cc3s2)OCCO4)c(C)n1. The molecule has 0 bridgehead atoms. The standard InChI is InChI=1S/C18H17N3O3S/c1-3-11-4-5-12(10(2)19-11)17(22)21-18-20-13-8-14-15(9-16(13)25-18)24-7-6-23-14/h4-5,8-9H,3,6-7H2,1-2H3,(H,20,21,22). The van der Waals surface area contributed by atoms with E-state index in [1.54, 1.807) is 0 Å². The maximum atomic E-state index is 12.5. The number of carbonyl (C=O) groups excluding carboxylic acids is 1. The molecule has 1 aromatic carbocycles. The maximum absolute atomic E-state index is 12.5. The van der Waals surface area contributed by atoms with E-state index in [1.807, 2.05) is 38.1 Å². The fraction of sp³-hybridized carbons (Fsp3) is 0.278. The lowest BCUT2D eigenvalue weighted by Crippen LogP contribution is -2.15. The van der Waals surface area contributed by atoms with Crippen molar-refractivity contribution in [1.29, 1.82) is 0 Å². The molecule has 0 fully saturated rings. The van der Waals surface area contributed by atoms with Crippen LogP contribution in [-0.4, -0.2) is 29.1 Å². The number of aromatic nitrogens is 2. The van der Waals surface area contributed by atoms with Gasteiger partial charge in [-0.3, -0.25) is 15.1 Å². The van der Waals surface area contributed by atoms with Gasteiger partial charge in [0, 0.05) is 17.8 Å². The molecule has 0 spiro atoms. The summed E-state index contributed by atoms with van der Waals surface area (Å²) in [5, 5.41) is 3.41. The van der Waals surface area contributed by atoms with E-state index in [0.29, 0.717) is 29.7 Å². The van der Waals surface area contributed by atoms with Crippen LogP contribution in [0.1, 0.15) is 28.7 Å². The summed E-state index contributed by atoms with van der Waals surface area (Å²) in [6.07, 6.45) is 0.843. The number of hydrogen-bond donors (Lipinski definition) is 1. The van der Waals surface area contributed by atoms with Crippen LogP contribution >= 0.6 is 11.3 Å². The average molecular weight is 355 g/mol. The quantitative estimate of drug-likeness (QED) is 0.777. The third kappa shape index (κ3) is 3.02. The zero-order chi connectivity index (χ0) is 17.4. The maximum Gasteiger partial charge on any atom is 0.259 e. The van der Waals surface area contributed by atoms with E-state index in [9.17, 15) is 4.79 Å². The molecule has 1 N–H and O–H groups in total. The topological polar surface area (TPSA) is 73.3 Å². The van der Waals surface area contributed by atoms with Gasteiger partial charge < -0.3 is 9.47 Å². The normalized spacial score (nSPS) is 13.0. The lowest BCUT2D eigenvalue weighted by Gasteiger charge is -2.17. The number of pyridine rings is 1. The smallest absolute Gasteiger partial charge is 0.259 e. The molecule has 1 aliphatic heterocycles. The fourth-order valence-corrected chi connectivity index (χ4v) is 3.60. The molecule has 0 saturated carbocycles. The number of benzene rings is 1. The fourth-order valence-electron chi connectivity index (χ4n) is 2.73. The molecular formula is C18H17N3O3S. The molecule has 0 atom stereocenters. The van der Waals surface area contributed by atoms with Crippen molar-refractivity contribution in [2.75, 3.05) is 18.5 Å². The molecule has 6 nitrogen and oxygen atoms in total. The predicted octanol–water partition coefficient (Wildman–Crippen LogP) is 3.59. The molecule has 7 heteroatoms. The van der Waals surface area contributed by atoms with Gasteiger partial charge in [0.05, 0.1) is 21.5 Å². The Bertz CT molecular complexity index is 925. The van der Waals surface area contributed by atoms with Crippen molar-refractivity contribution < 1.29 is 14.3 Å². The van der Waals surface area contributed by atoms with Gasteiger partial charge in [-0.15, -0.1) is 0 Å². The summed E-state index contributed by atoms with van der Waals surface area (Å²) in [5.41, 5.74) is 3.03. The Morgan fingerprint density at radius 1 is 1.20 bits per heavy atom. The Morgan fingerprint density at radius 2 is 1.96 bits per heavy atom. The first kappa shape index (κ1) is 15.8. The van der Waals surface area contributed by atoms with Crippen LogP contribution < -0.4 is 14.8 Å². The van der Waals surface area contributed by atoms with Crippen molar-refractivity contribution in [2.45, 2.75) is 20.3 Å². The minimum atomic E-state index is -0.205. The molecule has 0 radical (unpaired) electrons. The van der Waals surface area contributed by atoms with E-state index in [-0.39, 0.29) is 5.91 Å². The second-order valence-electron chi connectivity index (χ2n) is 5.73. The van der Waals surface area contributed by atoms with E-state index in [2.05, 4.69) is 15.3 Å². The highest BCUT2D eigenvalue weighted by Gasteiger charge is 2.17. The average Bonchev–Trinajstić information content (AvgIpc) is 3.00. The Balaban J connectivity index is 1.61. The van der Waals surface area contributed by atoms with Gasteiger partial charge in [-0.25, -0.2) is 4.98 Å². The first-order chi connectivity index (χ1) is 12.1. The van der Waals surface area contributed by atoms with Crippen molar-refractivity contribution in [2.24, 2.45) is 0 Å². The third-order valence-corrected chi connectivity index (χ3v) is 4.96. The molecule has 3 heterocycles. The van der Waals surface area contributed by atoms with Crippen molar-refractivity contribution in [3.05, 3.63) is 41.2 Å². The zero-order valence-electron chi connectivity index (χ0n) is 14.0. The van der Waals surface area contributed by atoms with Crippen molar-refractivity contribution in [1.82, 2.24) is 9.97 Å². The molecule has 0 unspecified atom stereocenters. The zero-order valence-corrected chi connectivity index (χ0v) is 14.8. The third-order valence-electron chi connectivity index (χ3n) is 4.02. The van der Waals surface area contributed by atoms with Crippen LogP contribution in [-0.2, 0) is 6.42 Å². The molecule has 0 aliphatic carbocycles. The van der Waals surface area contributed by atoms with Crippen molar-refractivity contribution in [3.8, 4) is 11.5 Å². The number of nitrogens with zero attached hydrogens (tertiary/aromatic N) is 2. The Labute approximate surface area is 148 Å². The molecular weight excluding hydrogens is 338 g/mol. The van der Waals surface area contributed by atoms with E-state index < -0.39 is 0 Å². The second kappa shape index (κ2) is 6.33. The summed E-state index contributed by atoms with van der Waals surface area (Å²) < 4.78 is 12.1. The number of thiazole rings is 1.